The molecule has 114 valence electrons. The van der Waals surface area contributed by atoms with Crippen LogP contribution in [0.15, 0.2) is 30.5 Å². The van der Waals surface area contributed by atoms with E-state index in [0.29, 0.717) is 15.9 Å². The summed E-state index contributed by atoms with van der Waals surface area (Å²) < 4.78 is 1.02. The van der Waals surface area contributed by atoms with Crippen molar-refractivity contribution in [1.82, 2.24) is 10.3 Å². The molecule has 1 aromatic carbocycles. The topological polar surface area (TPSA) is 54.0 Å². The maximum absolute atomic E-state index is 12.2. The summed E-state index contributed by atoms with van der Waals surface area (Å²) in [6.45, 7) is 1.90. The number of nitrogens with zero attached hydrogens (tertiary/aromatic N) is 1. The van der Waals surface area contributed by atoms with Gasteiger partial charge in [-0.25, -0.2) is 4.98 Å². The Bertz CT molecular complexity index is 755. The molecule has 0 aliphatic rings. The average Bonchev–Trinajstić information content (AvgIpc) is 2.44. The summed E-state index contributed by atoms with van der Waals surface area (Å²) in [7, 11) is 0. The van der Waals surface area contributed by atoms with E-state index in [9.17, 15) is 4.79 Å². The molecule has 0 unspecified atom stereocenters. The fourth-order valence-corrected chi connectivity index (χ4v) is 2.82. The third kappa shape index (κ3) is 4.52. The van der Waals surface area contributed by atoms with Crippen molar-refractivity contribution in [2.75, 3.05) is 5.32 Å². The SMILES string of the molecule is Cc1cc(I)cnc1NC(=S)NC(=O)c1cc(Cl)ccc1Cl. The smallest absolute Gasteiger partial charge is 0.258 e. The number of nitrogens with one attached hydrogen (secondary N) is 2. The van der Waals surface area contributed by atoms with E-state index in [1.807, 2.05) is 13.0 Å². The van der Waals surface area contributed by atoms with Gasteiger partial charge < -0.3 is 5.32 Å². The molecule has 0 fully saturated rings. The third-order valence-electron chi connectivity index (χ3n) is 2.68. The molecule has 4 nitrogen and oxygen atoms in total. The van der Waals surface area contributed by atoms with Gasteiger partial charge in [0.1, 0.15) is 5.82 Å². The molecule has 1 aromatic heterocycles. The molecule has 2 aromatic rings. The van der Waals surface area contributed by atoms with Crippen molar-refractivity contribution < 1.29 is 4.79 Å². The highest BCUT2D eigenvalue weighted by atomic mass is 127. The Morgan fingerprint density at radius 2 is 2.05 bits per heavy atom. The molecule has 0 atom stereocenters. The standard InChI is InChI=1S/C14H10Cl2IN3OS/c1-7-4-9(17)6-18-12(7)19-14(22)20-13(21)10-5-8(15)2-3-11(10)16/h2-6H,1H3,(H2,18,19,20,21,22). The predicted molar refractivity (Wildman–Crippen MR) is 102 cm³/mol. The molecule has 0 bridgehead atoms. The van der Waals surface area contributed by atoms with Gasteiger partial charge in [0.15, 0.2) is 5.11 Å². The second-order valence-corrected chi connectivity index (χ2v) is 6.85. The van der Waals surface area contributed by atoms with Crippen LogP contribution in [0.4, 0.5) is 5.82 Å². The number of amides is 1. The highest BCUT2D eigenvalue weighted by molar-refractivity contribution is 14.1. The van der Waals surface area contributed by atoms with Crippen molar-refractivity contribution in [1.29, 1.82) is 0 Å². The maximum atomic E-state index is 12.2. The Kier molecular flexibility index (Phi) is 5.96. The number of aryl methyl sites for hydroxylation is 1. The number of halogens is 3. The molecule has 8 heteroatoms. The summed E-state index contributed by atoms with van der Waals surface area (Å²) in [5.41, 5.74) is 1.18. The fourth-order valence-electron chi connectivity index (χ4n) is 1.65. The molecule has 2 N–H and O–H groups in total. The van der Waals surface area contributed by atoms with Gasteiger partial charge >= 0.3 is 0 Å². The minimum atomic E-state index is -0.437. The van der Waals surface area contributed by atoms with Crippen molar-refractivity contribution in [3.63, 3.8) is 0 Å². The van der Waals surface area contributed by atoms with Gasteiger partial charge in [-0.2, -0.15) is 0 Å². The van der Waals surface area contributed by atoms with E-state index >= 15 is 0 Å². The van der Waals surface area contributed by atoms with E-state index in [-0.39, 0.29) is 10.7 Å². The summed E-state index contributed by atoms with van der Waals surface area (Å²) in [5.74, 6) is 0.149. The van der Waals surface area contributed by atoms with Crippen LogP contribution in [0.25, 0.3) is 0 Å². The van der Waals surface area contributed by atoms with E-state index in [1.165, 1.54) is 6.07 Å². The van der Waals surface area contributed by atoms with Gasteiger partial charge in [-0.15, -0.1) is 0 Å². The first-order valence-corrected chi connectivity index (χ1v) is 8.30. The lowest BCUT2D eigenvalue weighted by atomic mass is 10.2. The van der Waals surface area contributed by atoms with Crippen LogP contribution in [-0.2, 0) is 0 Å². The lowest BCUT2D eigenvalue weighted by Gasteiger charge is -2.11. The molecule has 0 radical (unpaired) electrons. The molecule has 2 rings (SSSR count). The molecule has 0 spiro atoms. The molecule has 0 saturated heterocycles. The Labute approximate surface area is 156 Å². The minimum Gasteiger partial charge on any atom is -0.317 e. The Hall–Kier alpha value is -0.960. The van der Waals surface area contributed by atoms with Crippen LogP contribution in [0.1, 0.15) is 15.9 Å². The van der Waals surface area contributed by atoms with Crippen molar-refractivity contribution in [3.05, 3.63) is 55.2 Å². The van der Waals surface area contributed by atoms with Gasteiger partial charge in [-0.1, -0.05) is 23.2 Å². The summed E-state index contributed by atoms with van der Waals surface area (Å²) in [4.78, 5) is 16.4. The molecule has 0 saturated carbocycles. The van der Waals surface area contributed by atoms with Crippen LogP contribution in [0.5, 0.6) is 0 Å². The van der Waals surface area contributed by atoms with E-state index < -0.39 is 5.91 Å². The van der Waals surface area contributed by atoms with Gasteiger partial charge in [0.2, 0.25) is 0 Å². The minimum absolute atomic E-state index is 0.137. The number of rotatable bonds is 2. The fraction of sp³-hybridized carbons (Fsp3) is 0.0714. The second kappa shape index (κ2) is 7.54. The lowest BCUT2D eigenvalue weighted by Crippen LogP contribution is -2.34. The zero-order chi connectivity index (χ0) is 16.3. The Morgan fingerprint density at radius 1 is 1.32 bits per heavy atom. The highest BCUT2D eigenvalue weighted by Crippen LogP contribution is 2.20. The monoisotopic (exact) mass is 465 g/mol. The first-order chi connectivity index (χ1) is 10.4. The second-order valence-electron chi connectivity index (χ2n) is 4.35. The molecular formula is C14H10Cl2IN3OS. The number of pyridine rings is 1. The van der Waals surface area contributed by atoms with Crippen LogP contribution >= 0.6 is 58.0 Å². The largest absolute Gasteiger partial charge is 0.317 e. The number of carbonyl (C=O) groups is 1. The number of hydrogen-bond donors (Lipinski definition) is 2. The molecule has 1 amide bonds. The normalized spacial score (nSPS) is 10.2. The van der Waals surface area contributed by atoms with Gasteiger partial charge in [-0.3, -0.25) is 10.1 Å². The maximum Gasteiger partial charge on any atom is 0.258 e. The zero-order valence-electron chi connectivity index (χ0n) is 11.3. The number of aromatic nitrogens is 1. The molecule has 0 aliphatic carbocycles. The number of hydrogen-bond acceptors (Lipinski definition) is 3. The summed E-state index contributed by atoms with van der Waals surface area (Å²) in [6, 6.07) is 6.60. The first kappa shape index (κ1) is 17.4. The van der Waals surface area contributed by atoms with Crippen LogP contribution in [0.3, 0.4) is 0 Å². The third-order valence-corrected chi connectivity index (χ3v) is 4.04. The van der Waals surface area contributed by atoms with Crippen LogP contribution in [0.2, 0.25) is 10.0 Å². The predicted octanol–water partition coefficient (Wildman–Crippen LogP) is 4.43. The Balaban J connectivity index is 2.08. The molecule has 0 aliphatic heterocycles. The van der Waals surface area contributed by atoms with E-state index in [2.05, 4.69) is 38.2 Å². The van der Waals surface area contributed by atoms with Crippen molar-refractivity contribution >= 4 is 74.8 Å². The van der Waals surface area contributed by atoms with Gasteiger partial charge in [0.05, 0.1) is 10.6 Å². The number of carbonyl (C=O) groups excluding carboxylic acids is 1. The van der Waals surface area contributed by atoms with Crippen LogP contribution in [-0.4, -0.2) is 16.0 Å². The van der Waals surface area contributed by atoms with Crippen LogP contribution < -0.4 is 10.6 Å². The van der Waals surface area contributed by atoms with Crippen molar-refractivity contribution in [2.24, 2.45) is 0 Å². The highest BCUT2D eigenvalue weighted by Gasteiger charge is 2.13. The average molecular weight is 466 g/mol. The first-order valence-electron chi connectivity index (χ1n) is 6.06. The number of benzene rings is 1. The van der Waals surface area contributed by atoms with E-state index in [1.54, 1.807) is 18.3 Å². The summed E-state index contributed by atoms with van der Waals surface area (Å²) in [6.07, 6.45) is 1.70. The van der Waals surface area contributed by atoms with E-state index in [0.717, 1.165) is 9.13 Å². The lowest BCUT2D eigenvalue weighted by molar-refractivity contribution is 0.0978. The molecular weight excluding hydrogens is 456 g/mol. The number of anilines is 1. The zero-order valence-corrected chi connectivity index (χ0v) is 15.8. The summed E-state index contributed by atoms with van der Waals surface area (Å²) in [5, 5.41) is 6.29. The van der Waals surface area contributed by atoms with E-state index in [4.69, 9.17) is 35.4 Å². The Morgan fingerprint density at radius 3 is 2.73 bits per heavy atom. The van der Waals surface area contributed by atoms with Crippen molar-refractivity contribution in [3.8, 4) is 0 Å². The van der Waals surface area contributed by atoms with Gasteiger partial charge in [0.25, 0.3) is 5.91 Å². The quantitative estimate of drug-likeness (QED) is 0.509. The number of thiocarbonyl (C=S) groups is 1. The molecule has 22 heavy (non-hydrogen) atoms. The molecule has 1 heterocycles. The van der Waals surface area contributed by atoms with Gasteiger partial charge in [0, 0.05) is 14.8 Å². The van der Waals surface area contributed by atoms with Crippen LogP contribution in [0, 0.1) is 10.5 Å². The van der Waals surface area contributed by atoms with Crippen molar-refractivity contribution in [2.45, 2.75) is 6.92 Å². The summed E-state index contributed by atoms with van der Waals surface area (Å²) >= 11 is 19.1. The van der Waals surface area contributed by atoms with Gasteiger partial charge in [-0.05, 0) is 71.6 Å².